The highest BCUT2D eigenvalue weighted by Gasteiger charge is 2.49. The highest BCUT2D eigenvalue weighted by Crippen LogP contribution is 2.32. The Labute approximate surface area is 164 Å². The van der Waals surface area contributed by atoms with E-state index in [1.165, 1.54) is 11.1 Å². The van der Waals surface area contributed by atoms with Crippen LogP contribution in [-0.4, -0.2) is 41.2 Å². The molecule has 2 N–H and O–H groups in total. The first kappa shape index (κ1) is 18.5. The van der Waals surface area contributed by atoms with E-state index in [0.717, 1.165) is 29.7 Å². The zero-order valence-corrected chi connectivity index (χ0v) is 15.9. The molecule has 0 radical (unpaired) electrons. The number of fused-ring (bicyclic) bond motifs is 1. The minimum Gasteiger partial charge on any atom is -0.491 e. The molecule has 1 fully saturated rings. The van der Waals surface area contributed by atoms with Crippen LogP contribution < -0.4 is 10.1 Å². The van der Waals surface area contributed by atoms with Crippen LogP contribution in [0, 0.1) is 0 Å². The van der Waals surface area contributed by atoms with Crippen molar-refractivity contribution in [2.45, 2.75) is 37.8 Å². The van der Waals surface area contributed by atoms with E-state index < -0.39 is 17.7 Å². The Morgan fingerprint density at radius 3 is 2.68 bits per heavy atom. The lowest BCUT2D eigenvalue weighted by molar-refractivity contribution is -0.132. The maximum Gasteiger partial charge on any atom is 0.325 e. The number of urea groups is 1. The number of amides is 3. The number of nitrogens with one attached hydrogen (secondary N) is 1. The highest BCUT2D eigenvalue weighted by atomic mass is 16.5. The molecule has 0 saturated carbocycles. The normalized spacial score (nSPS) is 22.1. The van der Waals surface area contributed by atoms with E-state index in [1.807, 2.05) is 36.4 Å². The van der Waals surface area contributed by atoms with Gasteiger partial charge in [-0.1, -0.05) is 36.4 Å². The quantitative estimate of drug-likeness (QED) is 0.755. The number of para-hydroxylation sites is 1. The van der Waals surface area contributed by atoms with Crippen LogP contribution in [0.5, 0.6) is 5.75 Å². The molecule has 0 aromatic heterocycles. The first-order chi connectivity index (χ1) is 13.5. The molecular weight excluding hydrogens is 356 g/mol. The van der Waals surface area contributed by atoms with E-state index in [4.69, 9.17) is 4.74 Å². The van der Waals surface area contributed by atoms with Crippen LogP contribution in [0.3, 0.4) is 0 Å². The number of aliphatic hydroxyl groups is 1. The van der Waals surface area contributed by atoms with Crippen LogP contribution >= 0.6 is 0 Å². The maximum absolute atomic E-state index is 13.0. The van der Waals surface area contributed by atoms with Crippen molar-refractivity contribution in [2.24, 2.45) is 0 Å². The molecule has 1 heterocycles. The van der Waals surface area contributed by atoms with Gasteiger partial charge in [0.25, 0.3) is 5.91 Å². The molecule has 0 bridgehead atoms. The van der Waals surface area contributed by atoms with Crippen molar-refractivity contribution in [1.82, 2.24) is 10.2 Å². The zero-order chi connectivity index (χ0) is 19.7. The number of imide groups is 1. The fourth-order valence-corrected chi connectivity index (χ4v) is 3.91. The zero-order valence-electron chi connectivity index (χ0n) is 15.9. The topological polar surface area (TPSA) is 78.9 Å². The number of hydrogen-bond donors (Lipinski definition) is 2. The first-order valence-corrected chi connectivity index (χ1v) is 9.60. The standard InChI is InChI=1S/C22H24N2O4/c1-22(17-11-10-15-6-5-7-16(15)12-17)20(26)24(21(27)23-22)13-18(25)14-28-19-8-3-2-4-9-19/h2-4,8-12,18,25H,5-7,13-14H2,1H3,(H,23,27). The fraction of sp³-hybridized carbons (Fsp3) is 0.364. The van der Waals surface area contributed by atoms with Gasteiger partial charge >= 0.3 is 6.03 Å². The molecule has 2 aromatic carbocycles. The lowest BCUT2D eigenvalue weighted by Crippen LogP contribution is -2.42. The third-order valence-electron chi connectivity index (χ3n) is 5.53. The van der Waals surface area contributed by atoms with Gasteiger partial charge in [0.15, 0.2) is 0 Å². The molecule has 1 aliphatic heterocycles. The molecular formula is C22H24N2O4. The first-order valence-electron chi connectivity index (χ1n) is 9.60. The number of aliphatic hydroxyl groups excluding tert-OH is 1. The van der Waals surface area contributed by atoms with Crippen molar-refractivity contribution in [3.63, 3.8) is 0 Å². The van der Waals surface area contributed by atoms with Gasteiger partial charge < -0.3 is 15.2 Å². The van der Waals surface area contributed by atoms with Gasteiger partial charge in [-0.05, 0) is 55.0 Å². The number of ether oxygens (including phenoxy) is 1. The molecule has 2 atom stereocenters. The van der Waals surface area contributed by atoms with Gasteiger partial charge in [-0.15, -0.1) is 0 Å². The number of rotatable bonds is 6. The average molecular weight is 380 g/mol. The Hall–Kier alpha value is -2.86. The van der Waals surface area contributed by atoms with Gasteiger partial charge in [0, 0.05) is 0 Å². The second-order valence-electron chi connectivity index (χ2n) is 7.59. The van der Waals surface area contributed by atoms with E-state index in [0.29, 0.717) is 5.75 Å². The Balaban J connectivity index is 1.44. The number of benzene rings is 2. The molecule has 6 heteroatoms. The third kappa shape index (κ3) is 3.36. The predicted octanol–water partition coefficient (Wildman–Crippen LogP) is 2.38. The summed E-state index contributed by atoms with van der Waals surface area (Å²) in [5, 5.41) is 13.1. The van der Waals surface area contributed by atoms with Crippen molar-refractivity contribution >= 4 is 11.9 Å². The van der Waals surface area contributed by atoms with Gasteiger partial charge in [0.2, 0.25) is 0 Å². The van der Waals surface area contributed by atoms with Crippen LogP contribution in [0.1, 0.15) is 30.0 Å². The minimum atomic E-state index is -1.12. The Morgan fingerprint density at radius 2 is 1.89 bits per heavy atom. The summed E-state index contributed by atoms with van der Waals surface area (Å²) < 4.78 is 5.52. The van der Waals surface area contributed by atoms with Crippen molar-refractivity contribution < 1.29 is 19.4 Å². The second kappa shape index (κ2) is 7.28. The lowest BCUT2D eigenvalue weighted by Gasteiger charge is -2.24. The Kier molecular flexibility index (Phi) is 4.81. The summed E-state index contributed by atoms with van der Waals surface area (Å²) in [7, 11) is 0. The summed E-state index contributed by atoms with van der Waals surface area (Å²) >= 11 is 0. The largest absolute Gasteiger partial charge is 0.491 e. The Morgan fingerprint density at radius 1 is 1.14 bits per heavy atom. The van der Waals surface area contributed by atoms with Crippen LogP contribution in [0.2, 0.25) is 0 Å². The van der Waals surface area contributed by atoms with Crippen LogP contribution in [0.4, 0.5) is 4.79 Å². The SMILES string of the molecule is CC1(c2ccc3c(c2)CCC3)NC(=O)N(CC(O)COc2ccccc2)C1=O. The van der Waals surface area contributed by atoms with Gasteiger partial charge in [-0.2, -0.15) is 0 Å². The summed E-state index contributed by atoms with van der Waals surface area (Å²) in [5.41, 5.74) is 2.23. The molecule has 146 valence electrons. The molecule has 1 saturated heterocycles. The Bertz CT molecular complexity index is 899. The summed E-state index contributed by atoms with van der Waals surface area (Å²) in [5.74, 6) is 0.274. The summed E-state index contributed by atoms with van der Waals surface area (Å²) in [4.78, 5) is 26.6. The van der Waals surface area contributed by atoms with Crippen molar-refractivity contribution in [3.05, 3.63) is 65.2 Å². The molecule has 1 aliphatic carbocycles. The van der Waals surface area contributed by atoms with Gasteiger partial charge in [-0.25, -0.2) is 4.79 Å². The fourth-order valence-electron chi connectivity index (χ4n) is 3.91. The van der Waals surface area contributed by atoms with Crippen molar-refractivity contribution in [2.75, 3.05) is 13.2 Å². The number of carbonyl (C=O) groups excluding carboxylic acids is 2. The molecule has 2 aromatic rings. The van der Waals surface area contributed by atoms with Crippen LogP contribution in [0.25, 0.3) is 0 Å². The number of carbonyl (C=O) groups is 2. The van der Waals surface area contributed by atoms with Crippen molar-refractivity contribution in [3.8, 4) is 5.75 Å². The molecule has 2 unspecified atom stereocenters. The van der Waals surface area contributed by atoms with E-state index in [2.05, 4.69) is 5.32 Å². The molecule has 6 nitrogen and oxygen atoms in total. The van der Waals surface area contributed by atoms with Crippen molar-refractivity contribution in [1.29, 1.82) is 0 Å². The lowest BCUT2D eigenvalue weighted by atomic mass is 9.89. The van der Waals surface area contributed by atoms with Gasteiger partial charge in [0.05, 0.1) is 6.54 Å². The van der Waals surface area contributed by atoms with E-state index >= 15 is 0 Å². The number of hydrogen-bond acceptors (Lipinski definition) is 4. The van der Waals surface area contributed by atoms with Gasteiger partial charge in [-0.3, -0.25) is 9.69 Å². The average Bonchev–Trinajstić information content (AvgIpc) is 3.25. The van der Waals surface area contributed by atoms with Gasteiger partial charge in [0.1, 0.15) is 24.0 Å². The van der Waals surface area contributed by atoms with E-state index in [1.54, 1.807) is 19.1 Å². The number of nitrogens with zero attached hydrogens (tertiary/aromatic N) is 1. The monoisotopic (exact) mass is 380 g/mol. The highest BCUT2D eigenvalue weighted by molar-refractivity contribution is 6.07. The molecule has 28 heavy (non-hydrogen) atoms. The number of aryl methyl sites for hydroxylation is 2. The molecule has 4 rings (SSSR count). The summed E-state index contributed by atoms with van der Waals surface area (Å²) in [6.07, 6.45) is 2.21. The third-order valence-corrected chi connectivity index (χ3v) is 5.53. The minimum absolute atomic E-state index is 0.00334. The predicted molar refractivity (Wildman–Crippen MR) is 104 cm³/mol. The van der Waals surface area contributed by atoms with E-state index in [-0.39, 0.29) is 19.1 Å². The summed E-state index contributed by atoms with van der Waals surface area (Å²) in [6, 6.07) is 14.6. The summed E-state index contributed by atoms with van der Waals surface area (Å²) in [6.45, 7) is 1.60. The number of β-amino-alcohol motifs (C(OH)–C–C–N with tert-alkyl or cyclic N) is 1. The second-order valence-corrected chi connectivity index (χ2v) is 7.59. The maximum atomic E-state index is 13.0. The smallest absolute Gasteiger partial charge is 0.325 e. The molecule has 2 aliphatic rings. The van der Waals surface area contributed by atoms with Crippen LogP contribution in [0.15, 0.2) is 48.5 Å². The molecule has 0 spiro atoms. The molecule has 3 amide bonds. The van der Waals surface area contributed by atoms with E-state index in [9.17, 15) is 14.7 Å². The van der Waals surface area contributed by atoms with Crippen LogP contribution in [-0.2, 0) is 23.2 Å².